The summed E-state index contributed by atoms with van der Waals surface area (Å²) >= 11 is 1.66. The molecule has 0 aliphatic rings. The molecule has 0 radical (unpaired) electrons. The van der Waals surface area contributed by atoms with E-state index in [0.717, 1.165) is 10.8 Å². The number of aliphatic hydroxyl groups excluding tert-OH is 1. The summed E-state index contributed by atoms with van der Waals surface area (Å²) < 4.78 is 0. The summed E-state index contributed by atoms with van der Waals surface area (Å²) in [5, 5.41) is 13.8. The first-order chi connectivity index (χ1) is 7.56. The molecule has 0 amide bonds. The van der Waals surface area contributed by atoms with Gasteiger partial charge in [-0.15, -0.1) is 11.8 Å². The summed E-state index contributed by atoms with van der Waals surface area (Å²) in [5.41, 5.74) is -0.254. The number of aromatic nitrogens is 1. The first-order valence-electron chi connectivity index (χ1n) is 5.48. The quantitative estimate of drug-likeness (QED) is 0.746. The van der Waals surface area contributed by atoms with Crippen LogP contribution < -0.4 is 5.32 Å². The van der Waals surface area contributed by atoms with Gasteiger partial charge in [0.05, 0.1) is 11.6 Å². The predicted octanol–water partition coefficient (Wildman–Crippen LogP) is 1.92. The van der Waals surface area contributed by atoms with Gasteiger partial charge in [0.15, 0.2) is 0 Å². The number of hydrogen-bond donors (Lipinski definition) is 2. The lowest BCUT2D eigenvalue weighted by molar-refractivity contribution is 0.183. The predicted molar refractivity (Wildman–Crippen MR) is 68.7 cm³/mol. The Hall–Kier alpha value is -0.580. The highest BCUT2D eigenvalue weighted by molar-refractivity contribution is 7.99. The van der Waals surface area contributed by atoms with Gasteiger partial charge >= 0.3 is 0 Å². The lowest BCUT2D eigenvalue weighted by atomic mass is 10.1. The standard InChI is InChI=1S/C12H20N2OS/c1-10(2)14-12(3,8-15)9-16-11-6-4-5-7-13-11/h4-7,10,14-15H,8-9H2,1-3H3. The van der Waals surface area contributed by atoms with Crippen molar-refractivity contribution in [1.82, 2.24) is 10.3 Å². The SMILES string of the molecule is CC(C)NC(C)(CO)CSc1ccccn1. The molecule has 0 fully saturated rings. The molecule has 0 saturated carbocycles. The number of nitrogens with zero attached hydrogens (tertiary/aromatic N) is 1. The monoisotopic (exact) mass is 240 g/mol. The average molecular weight is 240 g/mol. The summed E-state index contributed by atoms with van der Waals surface area (Å²) in [4.78, 5) is 4.25. The summed E-state index contributed by atoms with van der Waals surface area (Å²) in [6, 6.07) is 6.22. The van der Waals surface area contributed by atoms with Gasteiger partial charge in [0, 0.05) is 23.5 Å². The molecule has 1 rings (SSSR count). The van der Waals surface area contributed by atoms with E-state index in [4.69, 9.17) is 0 Å². The molecule has 1 aromatic heterocycles. The Labute approximate surface area is 102 Å². The first kappa shape index (κ1) is 13.5. The molecule has 1 atom stereocenters. The molecule has 1 heterocycles. The van der Waals surface area contributed by atoms with Gasteiger partial charge < -0.3 is 10.4 Å². The Balaban J connectivity index is 2.51. The number of aliphatic hydroxyl groups is 1. The minimum Gasteiger partial charge on any atom is -0.394 e. The van der Waals surface area contributed by atoms with Crippen molar-refractivity contribution in [3.05, 3.63) is 24.4 Å². The number of hydrogen-bond acceptors (Lipinski definition) is 4. The van der Waals surface area contributed by atoms with Crippen LogP contribution in [0.4, 0.5) is 0 Å². The molecule has 0 spiro atoms. The molecular formula is C12H20N2OS. The van der Waals surface area contributed by atoms with E-state index in [2.05, 4.69) is 24.1 Å². The fourth-order valence-corrected chi connectivity index (χ4v) is 2.45. The zero-order valence-electron chi connectivity index (χ0n) is 10.1. The third kappa shape index (κ3) is 4.51. The van der Waals surface area contributed by atoms with E-state index in [0.29, 0.717) is 6.04 Å². The van der Waals surface area contributed by atoms with Gasteiger partial charge in [0.25, 0.3) is 0 Å². The van der Waals surface area contributed by atoms with Crippen molar-refractivity contribution in [2.75, 3.05) is 12.4 Å². The Bertz CT molecular complexity index is 305. The lowest BCUT2D eigenvalue weighted by Gasteiger charge is -2.30. The molecule has 1 aromatic rings. The summed E-state index contributed by atoms with van der Waals surface area (Å²) in [5.74, 6) is 0.804. The van der Waals surface area contributed by atoms with E-state index >= 15 is 0 Å². The summed E-state index contributed by atoms with van der Waals surface area (Å²) in [6.45, 7) is 6.33. The Morgan fingerprint density at radius 3 is 2.75 bits per heavy atom. The van der Waals surface area contributed by atoms with Crippen LogP contribution in [0.25, 0.3) is 0 Å². The molecule has 3 nitrogen and oxygen atoms in total. The van der Waals surface area contributed by atoms with Crippen LogP contribution in [-0.4, -0.2) is 34.0 Å². The maximum atomic E-state index is 9.42. The zero-order valence-corrected chi connectivity index (χ0v) is 10.9. The number of nitrogens with one attached hydrogen (secondary N) is 1. The maximum absolute atomic E-state index is 9.42. The minimum absolute atomic E-state index is 0.130. The van der Waals surface area contributed by atoms with Gasteiger partial charge in [-0.3, -0.25) is 0 Å². The van der Waals surface area contributed by atoms with Gasteiger partial charge in [-0.2, -0.15) is 0 Å². The Kier molecular flexibility index (Phi) is 5.25. The highest BCUT2D eigenvalue weighted by atomic mass is 32.2. The van der Waals surface area contributed by atoms with Gasteiger partial charge in [-0.25, -0.2) is 4.98 Å². The Morgan fingerprint density at radius 2 is 2.25 bits per heavy atom. The van der Waals surface area contributed by atoms with E-state index < -0.39 is 0 Å². The van der Waals surface area contributed by atoms with Crippen LogP contribution in [0.5, 0.6) is 0 Å². The second-order valence-electron chi connectivity index (χ2n) is 4.47. The minimum atomic E-state index is -0.254. The third-order valence-corrected chi connectivity index (χ3v) is 3.48. The lowest BCUT2D eigenvalue weighted by Crippen LogP contribution is -2.51. The fourth-order valence-electron chi connectivity index (χ4n) is 1.50. The highest BCUT2D eigenvalue weighted by Gasteiger charge is 2.24. The van der Waals surface area contributed by atoms with Crippen molar-refractivity contribution in [1.29, 1.82) is 0 Å². The summed E-state index contributed by atoms with van der Waals surface area (Å²) in [7, 11) is 0. The van der Waals surface area contributed by atoms with Crippen molar-refractivity contribution < 1.29 is 5.11 Å². The van der Waals surface area contributed by atoms with E-state index in [1.807, 2.05) is 25.1 Å². The molecule has 0 aromatic carbocycles. The first-order valence-corrected chi connectivity index (χ1v) is 6.47. The van der Waals surface area contributed by atoms with Crippen LogP contribution in [0.1, 0.15) is 20.8 Å². The van der Waals surface area contributed by atoms with Gasteiger partial charge in [-0.1, -0.05) is 19.9 Å². The Morgan fingerprint density at radius 1 is 1.50 bits per heavy atom. The van der Waals surface area contributed by atoms with Crippen molar-refractivity contribution >= 4 is 11.8 Å². The molecule has 0 aliphatic heterocycles. The van der Waals surface area contributed by atoms with Gasteiger partial charge in [0.1, 0.15) is 0 Å². The number of pyridine rings is 1. The van der Waals surface area contributed by atoms with Crippen molar-refractivity contribution in [3.8, 4) is 0 Å². The zero-order chi connectivity index (χ0) is 12.0. The van der Waals surface area contributed by atoms with Crippen LogP contribution in [0, 0.1) is 0 Å². The number of rotatable bonds is 6. The summed E-state index contributed by atoms with van der Waals surface area (Å²) in [6.07, 6.45) is 1.79. The van der Waals surface area contributed by atoms with Crippen LogP contribution >= 0.6 is 11.8 Å². The maximum Gasteiger partial charge on any atom is 0.0960 e. The number of thioether (sulfide) groups is 1. The van der Waals surface area contributed by atoms with Crippen molar-refractivity contribution in [2.24, 2.45) is 0 Å². The van der Waals surface area contributed by atoms with Crippen LogP contribution in [-0.2, 0) is 0 Å². The smallest absolute Gasteiger partial charge is 0.0960 e. The van der Waals surface area contributed by atoms with Crippen molar-refractivity contribution in [2.45, 2.75) is 37.4 Å². The third-order valence-electron chi connectivity index (χ3n) is 2.16. The molecule has 2 N–H and O–H groups in total. The molecule has 16 heavy (non-hydrogen) atoms. The average Bonchev–Trinajstić information content (AvgIpc) is 2.27. The van der Waals surface area contributed by atoms with Crippen LogP contribution in [0.15, 0.2) is 29.4 Å². The molecule has 4 heteroatoms. The molecular weight excluding hydrogens is 220 g/mol. The molecule has 0 aliphatic carbocycles. The normalized spacial score (nSPS) is 15.1. The highest BCUT2D eigenvalue weighted by Crippen LogP contribution is 2.20. The molecule has 0 bridgehead atoms. The fraction of sp³-hybridized carbons (Fsp3) is 0.583. The van der Waals surface area contributed by atoms with Gasteiger partial charge in [0.2, 0.25) is 0 Å². The second kappa shape index (κ2) is 6.23. The van der Waals surface area contributed by atoms with E-state index in [9.17, 15) is 5.11 Å². The topological polar surface area (TPSA) is 45.1 Å². The van der Waals surface area contributed by atoms with E-state index in [1.54, 1.807) is 18.0 Å². The molecule has 90 valence electrons. The molecule has 0 saturated heterocycles. The van der Waals surface area contributed by atoms with Gasteiger partial charge in [-0.05, 0) is 19.1 Å². The van der Waals surface area contributed by atoms with Crippen LogP contribution in [0.3, 0.4) is 0 Å². The van der Waals surface area contributed by atoms with E-state index in [1.165, 1.54) is 0 Å². The largest absolute Gasteiger partial charge is 0.394 e. The second-order valence-corrected chi connectivity index (χ2v) is 5.47. The van der Waals surface area contributed by atoms with Crippen LogP contribution in [0.2, 0.25) is 0 Å². The molecule has 1 unspecified atom stereocenters. The van der Waals surface area contributed by atoms with E-state index in [-0.39, 0.29) is 12.1 Å². The van der Waals surface area contributed by atoms with Crippen molar-refractivity contribution in [3.63, 3.8) is 0 Å².